The standard InChI is InChI=1S/C14H18BrClFNO/c1-2-18-12(8-9-4-3-7-19-9)10-5-6-11(15)13(16)14(10)17/h5-6,9,12,18H,2-4,7-8H2,1H3. The van der Waals surface area contributed by atoms with Crippen LogP contribution in [0.25, 0.3) is 0 Å². The van der Waals surface area contributed by atoms with Gasteiger partial charge in [-0.3, -0.25) is 0 Å². The van der Waals surface area contributed by atoms with Crippen LogP contribution < -0.4 is 5.32 Å². The molecule has 1 aliphatic rings. The minimum Gasteiger partial charge on any atom is -0.378 e. The predicted molar refractivity (Wildman–Crippen MR) is 79.1 cm³/mol. The summed E-state index contributed by atoms with van der Waals surface area (Å²) < 4.78 is 20.5. The summed E-state index contributed by atoms with van der Waals surface area (Å²) in [6.45, 7) is 3.61. The van der Waals surface area contributed by atoms with Crippen molar-refractivity contribution in [3.63, 3.8) is 0 Å². The van der Waals surface area contributed by atoms with E-state index < -0.39 is 0 Å². The van der Waals surface area contributed by atoms with Crippen molar-refractivity contribution >= 4 is 27.5 Å². The Balaban J connectivity index is 2.20. The molecule has 1 aliphatic heterocycles. The van der Waals surface area contributed by atoms with Crippen molar-refractivity contribution in [2.75, 3.05) is 13.2 Å². The van der Waals surface area contributed by atoms with Crippen LogP contribution in [0.4, 0.5) is 4.39 Å². The maximum Gasteiger partial charge on any atom is 0.147 e. The molecule has 0 radical (unpaired) electrons. The van der Waals surface area contributed by atoms with Crippen LogP contribution in [0, 0.1) is 5.82 Å². The van der Waals surface area contributed by atoms with E-state index in [-0.39, 0.29) is 23.0 Å². The SMILES string of the molecule is CCNC(CC1CCCO1)c1ccc(Br)c(Cl)c1F. The Morgan fingerprint density at radius 1 is 1.58 bits per heavy atom. The number of hydrogen-bond acceptors (Lipinski definition) is 2. The van der Waals surface area contributed by atoms with Crippen LogP contribution in [0.2, 0.25) is 5.02 Å². The van der Waals surface area contributed by atoms with Crippen LogP contribution in [0.15, 0.2) is 16.6 Å². The van der Waals surface area contributed by atoms with Gasteiger partial charge < -0.3 is 10.1 Å². The summed E-state index contributed by atoms with van der Waals surface area (Å²) in [6, 6.07) is 3.52. The van der Waals surface area contributed by atoms with Crippen LogP contribution in [0.5, 0.6) is 0 Å². The van der Waals surface area contributed by atoms with E-state index >= 15 is 0 Å². The molecule has 2 atom stereocenters. The quantitative estimate of drug-likeness (QED) is 0.792. The second kappa shape index (κ2) is 7.02. The van der Waals surface area contributed by atoms with E-state index in [1.54, 1.807) is 12.1 Å². The van der Waals surface area contributed by atoms with Gasteiger partial charge in [0.15, 0.2) is 0 Å². The zero-order valence-electron chi connectivity index (χ0n) is 10.9. The zero-order valence-corrected chi connectivity index (χ0v) is 13.2. The molecular weight excluding hydrogens is 333 g/mol. The van der Waals surface area contributed by atoms with Gasteiger partial charge in [0.1, 0.15) is 5.82 Å². The molecule has 1 fully saturated rings. The number of benzene rings is 1. The molecule has 1 saturated heterocycles. The first kappa shape index (κ1) is 15.2. The molecular formula is C14H18BrClFNO. The van der Waals surface area contributed by atoms with Gasteiger partial charge in [0, 0.05) is 22.7 Å². The van der Waals surface area contributed by atoms with Crippen molar-refractivity contribution in [3.05, 3.63) is 33.0 Å². The third-order valence-corrected chi connectivity index (χ3v) is 4.67. The Labute approximate surface area is 126 Å². The Kier molecular flexibility index (Phi) is 5.63. The van der Waals surface area contributed by atoms with E-state index in [0.717, 1.165) is 32.4 Å². The maximum absolute atomic E-state index is 14.3. The average molecular weight is 351 g/mol. The summed E-state index contributed by atoms with van der Waals surface area (Å²) in [5.41, 5.74) is 0.616. The van der Waals surface area contributed by atoms with Crippen molar-refractivity contribution in [2.45, 2.75) is 38.3 Å². The molecule has 0 aliphatic carbocycles. The molecule has 19 heavy (non-hydrogen) atoms. The average Bonchev–Trinajstić information content (AvgIpc) is 2.89. The fraction of sp³-hybridized carbons (Fsp3) is 0.571. The summed E-state index contributed by atoms with van der Waals surface area (Å²) in [4.78, 5) is 0. The first-order valence-electron chi connectivity index (χ1n) is 6.61. The molecule has 0 aromatic heterocycles. The van der Waals surface area contributed by atoms with Crippen LogP contribution in [0.1, 0.15) is 37.8 Å². The highest BCUT2D eigenvalue weighted by atomic mass is 79.9. The third kappa shape index (κ3) is 3.69. The lowest BCUT2D eigenvalue weighted by atomic mass is 9.98. The van der Waals surface area contributed by atoms with Crippen molar-refractivity contribution in [1.29, 1.82) is 0 Å². The molecule has 0 saturated carbocycles. The van der Waals surface area contributed by atoms with Crippen molar-refractivity contribution < 1.29 is 9.13 Å². The number of ether oxygens (including phenoxy) is 1. The number of hydrogen-bond donors (Lipinski definition) is 1. The molecule has 1 N–H and O–H groups in total. The highest BCUT2D eigenvalue weighted by Crippen LogP contribution is 2.33. The van der Waals surface area contributed by atoms with E-state index in [0.29, 0.717) is 10.0 Å². The molecule has 1 aromatic rings. The van der Waals surface area contributed by atoms with Gasteiger partial charge in [-0.25, -0.2) is 4.39 Å². The molecule has 5 heteroatoms. The normalized spacial score (nSPS) is 20.7. The second-order valence-corrected chi connectivity index (χ2v) is 5.98. The highest BCUT2D eigenvalue weighted by molar-refractivity contribution is 9.10. The van der Waals surface area contributed by atoms with Gasteiger partial charge in [-0.05, 0) is 47.8 Å². The zero-order chi connectivity index (χ0) is 13.8. The lowest BCUT2D eigenvalue weighted by Crippen LogP contribution is -2.26. The molecule has 1 heterocycles. The van der Waals surface area contributed by atoms with E-state index in [2.05, 4.69) is 21.2 Å². The van der Waals surface area contributed by atoms with Gasteiger partial charge in [-0.2, -0.15) is 0 Å². The first-order chi connectivity index (χ1) is 9.13. The van der Waals surface area contributed by atoms with Crippen LogP contribution in [-0.2, 0) is 4.74 Å². The topological polar surface area (TPSA) is 21.3 Å². The number of rotatable bonds is 5. The first-order valence-corrected chi connectivity index (χ1v) is 7.79. The molecule has 106 valence electrons. The molecule has 2 nitrogen and oxygen atoms in total. The van der Waals surface area contributed by atoms with E-state index in [9.17, 15) is 4.39 Å². The summed E-state index contributed by atoms with van der Waals surface area (Å²) in [6.07, 6.45) is 3.13. The molecule has 0 amide bonds. The lowest BCUT2D eigenvalue weighted by Gasteiger charge is -2.22. The van der Waals surface area contributed by atoms with Crippen LogP contribution in [-0.4, -0.2) is 19.3 Å². The Hall–Kier alpha value is -0.160. The van der Waals surface area contributed by atoms with Crippen molar-refractivity contribution in [3.8, 4) is 0 Å². The molecule has 1 aromatic carbocycles. The van der Waals surface area contributed by atoms with Crippen LogP contribution >= 0.6 is 27.5 Å². The second-order valence-electron chi connectivity index (χ2n) is 4.75. The van der Waals surface area contributed by atoms with E-state index in [4.69, 9.17) is 16.3 Å². The van der Waals surface area contributed by atoms with Gasteiger partial charge in [-0.1, -0.05) is 24.6 Å². The van der Waals surface area contributed by atoms with Gasteiger partial charge in [0.05, 0.1) is 11.1 Å². The largest absolute Gasteiger partial charge is 0.378 e. The smallest absolute Gasteiger partial charge is 0.147 e. The van der Waals surface area contributed by atoms with E-state index in [1.165, 1.54) is 0 Å². The number of nitrogens with one attached hydrogen (secondary N) is 1. The molecule has 2 unspecified atom stereocenters. The van der Waals surface area contributed by atoms with Gasteiger partial charge in [-0.15, -0.1) is 0 Å². The fourth-order valence-electron chi connectivity index (χ4n) is 2.47. The van der Waals surface area contributed by atoms with Gasteiger partial charge in [0.25, 0.3) is 0 Å². The Morgan fingerprint density at radius 2 is 2.37 bits per heavy atom. The molecule has 2 rings (SSSR count). The summed E-state index contributed by atoms with van der Waals surface area (Å²) >= 11 is 9.20. The van der Waals surface area contributed by atoms with Crippen molar-refractivity contribution in [2.24, 2.45) is 0 Å². The Bertz CT molecular complexity index is 438. The Morgan fingerprint density at radius 3 is 3.00 bits per heavy atom. The monoisotopic (exact) mass is 349 g/mol. The maximum atomic E-state index is 14.3. The highest BCUT2D eigenvalue weighted by Gasteiger charge is 2.24. The minimum atomic E-state index is -0.347. The molecule has 0 spiro atoms. The number of halogens is 3. The van der Waals surface area contributed by atoms with Gasteiger partial charge in [0.2, 0.25) is 0 Å². The lowest BCUT2D eigenvalue weighted by molar-refractivity contribution is 0.0944. The fourth-order valence-corrected chi connectivity index (χ4v) is 2.95. The molecule has 0 bridgehead atoms. The summed E-state index contributed by atoms with van der Waals surface area (Å²) in [7, 11) is 0. The summed E-state index contributed by atoms with van der Waals surface area (Å²) in [5.74, 6) is -0.347. The van der Waals surface area contributed by atoms with Gasteiger partial charge >= 0.3 is 0 Å². The van der Waals surface area contributed by atoms with Crippen molar-refractivity contribution in [1.82, 2.24) is 5.32 Å². The predicted octanol–water partition coefficient (Wildman–Crippen LogP) is 4.46. The van der Waals surface area contributed by atoms with E-state index in [1.807, 2.05) is 6.92 Å². The third-order valence-electron chi connectivity index (χ3n) is 3.41. The summed E-state index contributed by atoms with van der Waals surface area (Å²) in [5, 5.41) is 3.47. The van der Waals surface area contributed by atoms with Crippen LogP contribution in [0.3, 0.4) is 0 Å². The minimum absolute atomic E-state index is 0.0568.